The average molecular weight is 523 g/mol. The van der Waals surface area contributed by atoms with Gasteiger partial charge in [-0.2, -0.15) is 0 Å². The molecule has 38 heavy (non-hydrogen) atoms. The minimum absolute atomic E-state index is 0.0275. The summed E-state index contributed by atoms with van der Waals surface area (Å²) in [6, 6.07) is 8.33. The zero-order chi connectivity index (χ0) is 28.7. The molecule has 0 saturated carbocycles. The van der Waals surface area contributed by atoms with Gasteiger partial charge in [0.05, 0.1) is 0 Å². The van der Waals surface area contributed by atoms with E-state index in [1.807, 2.05) is 26.0 Å². The van der Waals surface area contributed by atoms with Crippen LogP contribution in [-0.4, -0.2) is 72.7 Å². The van der Waals surface area contributed by atoms with Gasteiger partial charge < -0.3 is 20.0 Å². The minimum atomic E-state index is -0.0275. The Morgan fingerprint density at radius 2 is 1.00 bits per heavy atom. The van der Waals surface area contributed by atoms with Crippen molar-refractivity contribution in [3.8, 4) is 11.5 Å². The Balaban J connectivity index is 2.18. The van der Waals surface area contributed by atoms with Crippen LogP contribution in [0.1, 0.15) is 88.8 Å². The van der Waals surface area contributed by atoms with E-state index < -0.39 is 0 Å². The standard InChI is InChI=1S/C32H50N4O2/c1-11-33-19-23-15-27(31(3,4)5)17-25(29(23)37)21-35(9)13-14-36(10)22-26-18-28(32(6,7)8)16-24(30(26)38)20-34-12-2/h15-20,37-38H,11-14,21-22H2,1-10H3. The molecule has 2 aromatic carbocycles. The Labute approximate surface area is 231 Å². The highest BCUT2D eigenvalue weighted by atomic mass is 16.3. The number of benzene rings is 2. The zero-order valence-corrected chi connectivity index (χ0v) is 25.4. The summed E-state index contributed by atoms with van der Waals surface area (Å²) in [5.41, 5.74) is 5.69. The lowest BCUT2D eigenvalue weighted by atomic mass is 9.84. The highest BCUT2D eigenvalue weighted by molar-refractivity contribution is 5.85. The first-order valence-electron chi connectivity index (χ1n) is 13.8. The monoisotopic (exact) mass is 522 g/mol. The quantitative estimate of drug-likeness (QED) is 0.348. The van der Waals surface area contributed by atoms with Gasteiger partial charge in [0, 0.05) is 74.0 Å². The molecule has 0 amide bonds. The molecule has 2 aromatic rings. The summed E-state index contributed by atoms with van der Waals surface area (Å²) in [5, 5.41) is 21.9. The van der Waals surface area contributed by atoms with Crippen molar-refractivity contribution >= 4 is 12.4 Å². The Kier molecular flexibility index (Phi) is 11.1. The van der Waals surface area contributed by atoms with E-state index in [1.54, 1.807) is 12.4 Å². The number of likely N-dealkylation sites (N-methyl/N-ethyl adjacent to an activating group) is 2. The molecule has 0 heterocycles. The fraction of sp³-hybridized carbons (Fsp3) is 0.562. The summed E-state index contributed by atoms with van der Waals surface area (Å²) in [5.74, 6) is 0.612. The van der Waals surface area contributed by atoms with Crippen molar-refractivity contribution in [3.63, 3.8) is 0 Å². The molecule has 0 saturated heterocycles. The summed E-state index contributed by atoms with van der Waals surface area (Å²) in [6.07, 6.45) is 3.55. The second-order valence-corrected chi connectivity index (χ2v) is 12.4. The summed E-state index contributed by atoms with van der Waals surface area (Å²) >= 11 is 0. The van der Waals surface area contributed by atoms with Crippen LogP contribution in [-0.2, 0) is 23.9 Å². The van der Waals surface area contributed by atoms with Gasteiger partial charge in [-0.1, -0.05) is 53.7 Å². The number of phenols is 2. The number of hydrogen-bond donors (Lipinski definition) is 2. The lowest BCUT2D eigenvalue weighted by Crippen LogP contribution is -2.30. The molecule has 6 heteroatoms. The molecule has 0 spiro atoms. The van der Waals surface area contributed by atoms with E-state index in [0.717, 1.165) is 35.3 Å². The molecule has 0 radical (unpaired) electrons. The van der Waals surface area contributed by atoms with E-state index in [-0.39, 0.29) is 10.8 Å². The summed E-state index contributed by atoms with van der Waals surface area (Å²) < 4.78 is 0. The molecule has 0 aliphatic rings. The van der Waals surface area contributed by atoms with Gasteiger partial charge in [0.25, 0.3) is 0 Å². The van der Waals surface area contributed by atoms with Crippen LogP contribution >= 0.6 is 0 Å². The van der Waals surface area contributed by atoms with Gasteiger partial charge in [0.1, 0.15) is 11.5 Å². The van der Waals surface area contributed by atoms with Crippen LogP contribution in [0.25, 0.3) is 0 Å². The first-order valence-corrected chi connectivity index (χ1v) is 13.8. The SMILES string of the molecule is CCN=Cc1cc(C(C)(C)C)cc(CN(C)CCN(C)Cc2cc(C(C)(C)C)cc(C=NCC)c2O)c1O. The topological polar surface area (TPSA) is 71.7 Å². The number of nitrogens with zero attached hydrogens (tertiary/aromatic N) is 4. The second-order valence-electron chi connectivity index (χ2n) is 12.4. The summed E-state index contributed by atoms with van der Waals surface area (Å²) in [6.45, 7) is 21.4. The smallest absolute Gasteiger partial charge is 0.128 e. The predicted molar refractivity (Wildman–Crippen MR) is 163 cm³/mol. The van der Waals surface area contributed by atoms with Gasteiger partial charge in [-0.25, -0.2) is 0 Å². The number of aliphatic imine (C=N–C) groups is 2. The summed E-state index contributed by atoms with van der Waals surface area (Å²) in [4.78, 5) is 13.2. The predicted octanol–water partition coefficient (Wildman–Crippen LogP) is 6.13. The molecule has 210 valence electrons. The van der Waals surface area contributed by atoms with Crippen molar-refractivity contribution in [2.45, 2.75) is 79.3 Å². The number of rotatable bonds is 11. The average Bonchev–Trinajstić information content (AvgIpc) is 2.82. The van der Waals surface area contributed by atoms with E-state index in [2.05, 4.69) is 87.6 Å². The molecule has 0 bridgehead atoms. The first-order chi connectivity index (χ1) is 17.7. The molecule has 6 nitrogen and oxygen atoms in total. The highest BCUT2D eigenvalue weighted by Crippen LogP contribution is 2.32. The summed E-state index contributed by atoms with van der Waals surface area (Å²) in [7, 11) is 4.15. The maximum Gasteiger partial charge on any atom is 0.128 e. The molecular weight excluding hydrogens is 472 g/mol. The highest BCUT2D eigenvalue weighted by Gasteiger charge is 2.21. The van der Waals surface area contributed by atoms with Crippen molar-refractivity contribution in [1.29, 1.82) is 0 Å². The van der Waals surface area contributed by atoms with Crippen LogP contribution in [0, 0.1) is 0 Å². The lowest BCUT2D eigenvalue weighted by molar-refractivity contribution is 0.243. The molecular formula is C32H50N4O2. The van der Waals surface area contributed by atoms with Crippen LogP contribution in [0.4, 0.5) is 0 Å². The van der Waals surface area contributed by atoms with Crippen molar-refractivity contribution in [3.05, 3.63) is 57.6 Å². The van der Waals surface area contributed by atoms with Crippen LogP contribution in [0.3, 0.4) is 0 Å². The van der Waals surface area contributed by atoms with Crippen LogP contribution in [0.15, 0.2) is 34.3 Å². The molecule has 2 N–H and O–H groups in total. The van der Waals surface area contributed by atoms with Gasteiger partial charge in [0.2, 0.25) is 0 Å². The third-order valence-corrected chi connectivity index (χ3v) is 6.74. The maximum atomic E-state index is 11.0. The molecule has 0 aliphatic heterocycles. The van der Waals surface area contributed by atoms with Gasteiger partial charge >= 0.3 is 0 Å². The molecule has 0 aliphatic carbocycles. The third-order valence-electron chi connectivity index (χ3n) is 6.74. The van der Waals surface area contributed by atoms with Crippen molar-refractivity contribution in [1.82, 2.24) is 9.80 Å². The van der Waals surface area contributed by atoms with E-state index in [9.17, 15) is 10.2 Å². The minimum Gasteiger partial charge on any atom is -0.507 e. The van der Waals surface area contributed by atoms with Crippen molar-refractivity contribution in [2.24, 2.45) is 9.98 Å². The number of phenolic OH excluding ortho intramolecular Hbond substituents is 2. The van der Waals surface area contributed by atoms with Crippen LogP contribution in [0.5, 0.6) is 11.5 Å². The van der Waals surface area contributed by atoms with Gasteiger partial charge in [-0.05, 0) is 62.0 Å². The van der Waals surface area contributed by atoms with Crippen molar-refractivity contribution < 1.29 is 10.2 Å². The van der Waals surface area contributed by atoms with E-state index in [0.29, 0.717) is 37.7 Å². The van der Waals surface area contributed by atoms with Crippen LogP contribution < -0.4 is 0 Å². The normalized spacial score (nSPS) is 13.1. The van der Waals surface area contributed by atoms with E-state index in [1.165, 1.54) is 11.1 Å². The Hall–Kier alpha value is -2.70. The van der Waals surface area contributed by atoms with E-state index in [4.69, 9.17) is 0 Å². The number of hydrogen-bond acceptors (Lipinski definition) is 6. The lowest BCUT2D eigenvalue weighted by Gasteiger charge is -2.26. The first kappa shape index (κ1) is 31.5. The largest absolute Gasteiger partial charge is 0.507 e. The molecule has 0 fully saturated rings. The maximum absolute atomic E-state index is 11.0. The second kappa shape index (κ2) is 13.4. The Bertz CT molecular complexity index is 1030. The fourth-order valence-electron chi connectivity index (χ4n) is 4.20. The molecule has 0 atom stereocenters. The Morgan fingerprint density at radius 3 is 1.29 bits per heavy atom. The van der Waals surface area contributed by atoms with Crippen molar-refractivity contribution in [2.75, 3.05) is 40.3 Å². The number of aromatic hydroxyl groups is 2. The molecule has 2 rings (SSSR count). The van der Waals surface area contributed by atoms with Gasteiger partial charge in [-0.3, -0.25) is 9.98 Å². The van der Waals surface area contributed by atoms with Gasteiger partial charge in [0.15, 0.2) is 0 Å². The van der Waals surface area contributed by atoms with E-state index >= 15 is 0 Å². The van der Waals surface area contributed by atoms with Gasteiger partial charge in [-0.15, -0.1) is 0 Å². The fourth-order valence-corrected chi connectivity index (χ4v) is 4.20. The molecule has 0 unspecified atom stereocenters. The molecule has 0 aromatic heterocycles. The third kappa shape index (κ3) is 8.95. The van der Waals surface area contributed by atoms with Crippen LogP contribution in [0.2, 0.25) is 0 Å². The zero-order valence-electron chi connectivity index (χ0n) is 25.4. The Morgan fingerprint density at radius 1 is 0.658 bits per heavy atom.